The summed E-state index contributed by atoms with van der Waals surface area (Å²) in [4.78, 5) is 5.44. The van der Waals surface area contributed by atoms with E-state index >= 15 is 0 Å². The third-order valence-corrected chi connectivity index (χ3v) is 4.02. The Morgan fingerprint density at radius 1 is 0.731 bits per heavy atom. The van der Waals surface area contributed by atoms with E-state index in [0.717, 1.165) is 23.4 Å². The van der Waals surface area contributed by atoms with Gasteiger partial charge in [-0.2, -0.15) is 0 Å². The minimum atomic E-state index is 0.417. The number of ether oxygens (including phenoxy) is 1. The molecule has 0 unspecified atom stereocenters. The summed E-state index contributed by atoms with van der Waals surface area (Å²) < 4.78 is 5.60. The lowest BCUT2D eigenvalue weighted by atomic mass is 10.0. The first-order chi connectivity index (χ1) is 12.9. The van der Waals surface area contributed by atoms with Gasteiger partial charge in [-0.05, 0) is 35.2 Å². The molecular formula is C23H23NO2. The van der Waals surface area contributed by atoms with Crippen LogP contribution in [-0.2, 0) is 4.84 Å². The highest BCUT2D eigenvalue weighted by Crippen LogP contribution is 2.20. The van der Waals surface area contributed by atoms with E-state index < -0.39 is 0 Å². The Labute approximate surface area is 154 Å². The first-order valence-electron chi connectivity index (χ1n) is 8.89. The molecule has 26 heavy (non-hydrogen) atoms. The maximum atomic E-state index is 5.60. The van der Waals surface area contributed by atoms with Gasteiger partial charge in [-0.1, -0.05) is 84.9 Å². The number of hydrogen-bond donors (Lipinski definition) is 0. The quantitative estimate of drug-likeness (QED) is 0.304. The zero-order valence-corrected chi connectivity index (χ0v) is 15.0. The Morgan fingerprint density at radius 2 is 1.35 bits per heavy atom. The average molecular weight is 345 g/mol. The van der Waals surface area contributed by atoms with E-state index in [1.807, 2.05) is 48.5 Å². The molecule has 0 radical (unpaired) electrons. The summed E-state index contributed by atoms with van der Waals surface area (Å²) in [5.41, 5.74) is 4.42. The van der Waals surface area contributed by atoms with Crippen LogP contribution >= 0.6 is 0 Å². The van der Waals surface area contributed by atoms with Gasteiger partial charge < -0.3 is 9.57 Å². The normalized spacial score (nSPS) is 11.2. The van der Waals surface area contributed by atoms with Gasteiger partial charge >= 0.3 is 0 Å². The van der Waals surface area contributed by atoms with Crippen LogP contribution in [0.25, 0.3) is 11.1 Å². The Kier molecular flexibility index (Phi) is 6.43. The molecule has 0 heterocycles. The van der Waals surface area contributed by atoms with Crippen LogP contribution < -0.4 is 4.74 Å². The lowest BCUT2D eigenvalue weighted by Gasteiger charge is -2.08. The second-order valence-corrected chi connectivity index (χ2v) is 5.83. The molecular weight excluding hydrogens is 322 g/mol. The minimum Gasteiger partial charge on any atom is -0.490 e. The van der Waals surface area contributed by atoms with Crippen molar-refractivity contribution in [2.45, 2.75) is 13.3 Å². The Hall–Kier alpha value is -3.07. The molecule has 0 saturated carbocycles. The predicted molar refractivity (Wildman–Crippen MR) is 107 cm³/mol. The zero-order valence-electron chi connectivity index (χ0n) is 15.0. The lowest BCUT2D eigenvalue weighted by Crippen LogP contribution is -2.06. The molecule has 0 aromatic heterocycles. The van der Waals surface area contributed by atoms with E-state index in [1.165, 1.54) is 11.1 Å². The van der Waals surface area contributed by atoms with E-state index in [9.17, 15) is 0 Å². The molecule has 0 aliphatic heterocycles. The third kappa shape index (κ3) is 4.96. The van der Waals surface area contributed by atoms with Crippen LogP contribution in [0.4, 0.5) is 0 Å². The van der Waals surface area contributed by atoms with Gasteiger partial charge in [-0.3, -0.25) is 0 Å². The maximum Gasteiger partial charge on any atom is 0.151 e. The van der Waals surface area contributed by atoms with Crippen molar-refractivity contribution in [3.8, 4) is 16.9 Å². The summed E-state index contributed by atoms with van der Waals surface area (Å²) in [6.07, 6.45) is 0.810. The van der Waals surface area contributed by atoms with Gasteiger partial charge in [-0.25, -0.2) is 0 Å². The molecule has 0 bridgehead atoms. The van der Waals surface area contributed by atoms with Crippen molar-refractivity contribution < 1.29 is 9.57 Å². The lowest BCUT2D eigenvalue weighted by molar-refractivity contribution is 0.107. The second kappa shape index (κ2) is 9.42. The van der Waals surface area contributed by atoms with Gasteiger partial charge in [0.05, 0.1) is 5.71 Å². The number of para-hydroxylation sites is 1. The van der Waals surface area contributed by atoms with E-state index in [0.29, 0.717) is 13.2 Å². The number of rotatable bonds is 8. The second-order valence-electron chi connectivity index (χ2n) is 5.83. The van der Waals surface area contributed by atoms with Crippen molar-refractivity contribution in [3.05, 3.63) is 90.5 Å². The summed E-state index contributed by atoms with van der Waals surface area (Å²) in [6.45, 7) is 2.96. The zero-order chi connectivity index (χ0) is 18.0. The van der Waals surface area contributed by atoms with Crippen molar-refractivity contribution >= 4 is 5.71 Å². The molecule has 0 spiro atoms. The molecule has 3 nitrogen and oxygen atoms in total. The molecule has 3 rings (SSSR count). The predicted octanol–water partition coefficient (Wildman–Crippen LogP) is 5.56. The molecule has 0 saturated heterocycles. The fraction of sp³-hybridized carbons (Fsp3) is 0.174. The van der Waals surface area contributed by atoms with Crippen molar-refractivity contribution in [2.24, 2.45) is 5.16 Å². The first kappa shape index (κ1) is 17.7. The fourth-order valence-corrected chi connectivity index (χ4v) is 2.64. The Morgan fingerprint density at radius 3 is 2.00 bits per heavy atom. The van der Waals surface area contributed by atoms with Crippen LogP contribution in [0.2, 0.25) is 0 Å². The van der Waals surface area contributed by atoms with Gasteiger partial charge in [0.15, 0.2) is 6.61 Å². The van der Waals surface area contributed by atoms with Gasteiger partial charge in [0.2, 0.25) is 0 Å². The number of nitrogens with zero attached hydrogens (tertiary/aromatic N) is 1. The van der Waals surface area contributed by atoms with Crippen LogP contribution in [0, 0.1) is 0 Å². The molecule has 3 aromatic rings. The highest BCUT2D eigenvalue weighted by atomic mass is 16.6. The van der Waals surface area contributed by atoms with Gasteiger partial charge in [-0.15, -0.1) is 0 Å². The van der Waals surface area contributed by atoms with Crippen molar-refractivity contribution in [3.63, 3.8) is 0 Å². The summed E-state index contributed by atoms with van der Waals surface area (Å²) in [7, 11) is 0. The summed E-state index contributed by atoms with van der Waals surface area (Å²) in [5, 5.41) is 4.28. The van der Waals surface area contributed by atoms with Gasteiger partial charge in [0.25, 0.3) is 0 Å². The topological polar surface area (TPSA) is 30.8 Å². The molecule has 0 fully saturated rings. The van der Waals surface area contributed by atoms with E-state index in [1.54, 1.807) is 0 Å². The molecule has 0 aliphatic carbocycles. The molecule has 0 aliphatic rings. The van der Waals surface area contributed by atoms with Crippen LogP contribution in [0.15, 0.2) is 90.1 Å². The fourth-order valence-electron chi connectivity index (χ4n) is 2.64. The van der Waals surface area contributed by atoms with Crippen molar-refractivity contribution in [1.29, 1.82) is 0 Å². The molecule has 0 N–H and O–H groups in total. The van der Waals surface area contributed by atoms with E-state index in [4.69, 9.17) is 9.57 Å². The van der Waals surface area contributed by atoms with Crippen molar-refractivity contribution in [1.82, 2.24) is 0 Å². The van der Waals surface area contributed by atoms with Crippen LogP contribution in [0.5, 0.6) is 5.75 Å². The molecule has 3 heteroatoms. The summed E-state index contributed by atoms with van der Waals surface area (Å²) in [5.74, 6) is 0.840. The number of hydrogen-bond acceptors (Lipinski definition) is 3. The van der Waals surface area contributed by atoms with E-state index in [-0.39, 0.29) is 0 Å². The van der Waals surface area contributed by atoms with Crippen molar-refractivity contribution in [2.75, 3.05) is 13.2 Å². The Bertz CT molecular complexity index is 812. The van der Waals surface area contributed by atoms with Crippen LogP contribution in [0.3, 0.4) is 0 Å². The largest absolute Gasteiger partial charge is 0.490 e. The van der Waals surface area contributed by atoms with Gasteiger partial charge in [0.1, 0.15) is 12.4 Å². The highest BCUT2D eigenvalue weighted by molar-refractivity contribution is 6.00. The number of oxime groups is 1. The van der Waals surface area contributed by atoms with Crippen LogP contribution in [0.1, 0.15) is 18.9 Å². The average Bonchev–Trinajstić information content (AvgIpc) is 2.72. The maximum absolute atomic E-state index is 5.60. The molecule has 132 valence electrons. The smallest absolute Gasteiger partial charge is 0.151 e. The molecule has 3 aromatic carbocycles. The standard InChI is InChI=1S/C23H23NO2/c1-2-23(24-26-18-17-25-22-11-7-4-8-12-22)21-15-13-20(14-16-21)19-9-5-3-6-10-19/h3-16H,2,17-18H2,1H3. The minimum absolute atomic E-state index is 0.417. The monoisotopic (exact) mass is 345 g/mol. The first-order valence-corrected chi connectivity index (χ1v) is 8.89. The van der Waals surface area contributed by atoms with Crippen LogP contribution in [-0.4, -0.2) is 18.9 Å². The number of benzene rings is 3. The Balaban J connectivity index is 1.55. The third-order valence-electron chi connectivity index (χ3n) is 4.02. The SMILES string of the molecule is CCC(=NOCCOc1ccccc1)c1ccc(-c2ccccc2)cc1. The molecule has 0 atom stereocenters. The highest BCUT2D eigenvalue weighted by Gasteiger charge is 2.03. The summed E-state index contributed by atoms with van der Waals surface area (Å²) >= 11 is 0. The van der Waals surface area contributed by atoms with Gasteiger partial charge in [0, 0.05) is 0 Å². The summed E-state index contributed by atoms with van der Waals surface area (Å²) in [6, 6.07) is 28.5. The molecule has 0 amide bonds. The van der Waals surface area contributed by atoms with E-state index in [2.05, 4.69) is 48.5 Å².